The number of piperidine rings is 1. The van der Waals surface area contributed by atoms with Gasteiger partial charge in [-0.05, 0) is 48.9 Å². The fraction of sp³-hybridized carbons (Fsp3) is 0.684. The van der Waals surface area contributed by atoms with Gasteiger partial charge in [-0.1, -0.05) is 26.0 Å². The molecule has 0 aliphatic carbocycles. The molecule has 3 rings (SSSR count). The normalized spacial score (nSPS) is 30.4. The summed E-state index contributed by atoms with van der Waals surface area (Å²) in [5, 5.41) is 9.86. The molecule has 0 radical (unpaired) electrons. The fourth-order valence-electron chi connectivity index (χ4n) is 3.86. The van der Waals surface area contributed by atoms with E-state index in [-0.39, 0.29) is 6.29 Å². The Hall–Kier alpha value is -1.10. The summed E-state index contributed by atoms with van der Waals surface area (Å²) in [5.41, 5.74) is 1.22. The minimum atomic E-state index is -0.0526. The summed E-state index contributed by atoms with van der Waals surface area (Å²) in [6, 6.07) is 8.10. The van der Waals surface area contributed by atoms with E-state index in [0.29, 0.717) is 23.6 Å². The molecule has 1 aromatic carbocycles. The molecule has 2 fully saturated rings. The number of phenols is 1. The zero-order valence-electron chi connectivity index (χ0n) is 14.3. The van der Waals surface area contributed by atoms with Crippen LogP contribution in [0.1, 0.15) is 44.7 Å². The zero-order valence-corrected chi connectivity index (χ0v) is 14.3. The number of phenolic OH excluding ortho intramolecular Hbond substituents is 1. The highest BCUT2D eigenvalue weighted by Crippen LogP contribution is 2.40. The van der Waals surface area contributed by atoms with Crippen molar-refractivity contribution >= 4 is 0 Å². The Morgan fingerprint density at radius 3 is 2.74 bits per heavy atom. The maximum Gasteiger partial charge on any atom is 0.158 e. The molecular weight excluding hydrogens is 290 g/mol. The van der Waals surface area contributed by atoms with Crippen LogP contribution in [0, 0.1) is 11.8 Å². The van der Waals surface area contributed by atoms with Crippen molar-refractivity contribution in [3.63, 3.8) is 0 Å². The first-order valence-electron chi connectivity index (χ1n) is 8.91. The molecule has 4 nitrogen and oxygen atoms in total. The number of hydrogen-bond donors (Lipinski definition) is 1. The van der Waals surface area contributed by atoms with E-state index in [9.17, 15) is 5.11 Å². The van der Waals surface area contributed by atoms with Crippen molar-refractivity contribution in [1.29, 1.82) is 0 Å². The van der Waals surface area contributed by atoms with Gasteiger partial charge in [0.05, 0.1) is 13.2 Å². The highest BCUT2D eigenvalue weighted by molar-refractivity contribution is 5.30. The minimum Gasteiger partial charge on any atom is -0.508 e. The van der Waals surface area contributed by atoms with Gasteiger partial charge in [-0.2, -0.15) is 0 Å². The Bertz CT molecular complexity index is 501. The summed E-state index contributed by atoms with van der Waals surface area (Å²) in [6.45, 7) is 8.37. The number of likely N-dealkylation sites (tertiary alicyclic amines) is 1. The standard InChI is InChI=1S/C19H29NO3/c1-14-7-9-20(10-8-18-22-11-4-12-23-18)19(15(14)2)16-5-3-6-17(21)13-16/h3,5-6,13-15,18-19,21H,4,7-12H2,1-2H3/t14-,15+,19?/m0/s1. The lowest BCUT2D eigenvalue weighted by molar-refractivity contribution is -0.184. The van der Waals surface area contributed by atoms with Crippen molar-refractivity contribution in [2.24, 2.45) is 11.8 Å². The summed E-state index contributed by atoms with van der Waals surface area (Å²) >= 11 is 0. The third-order valence-electron chi connectivity index (χ3n) is 5.42. The SMILES string of the molecule is C[C@H]1CCN(CCC2OCCCO2)C(c2cccc(O)c2)[C@@H]1C. The van der Waals surface area contributed by atoms with Crippen molar-refractivity contribution in [1.82, 2.24) is 4.90 Å². The van der Waals surface area contributed by atoms with Crippen molar-refractivity contribution in [2.45, 2.75) is 45.4 Å². The van der Waals surface area contributed by atoms with Gasteiger partial charge in [-0.15, -0.1) is 0 Å². The van der Waals surface area contributed by atoms with Gasteiger partial charge in [-0.3, -0.25) is 4.90 Å². The van der Waals surface area contributed by atoms with Crippen LogP contribution in [0.3, 0.4) is 0 Å². The first-order chi connectivity index (χ1) is 11.1. The second-order valence-corrected chi connectivity index (χ2v) is 7.01. The van der Waals surface area contributed by atoms with E-state index in [1.165, 1.54) is 12.0 Å². The molecule has 1 unspecified atom stereocenters. The van der Waals surface area contributed by atoms with Crippen LogP contribution >= 0.6 is 0 Å². The largest absolute Gasteiger partial charge is 0.508 e. The van der Waals surface area contributed by atoms with Gasteiger partial charge in [0.1, 0.15) is 5.75 Å². The number of benzene rings is 1. The molecule has 1 N–H and O–H groups in total. The molecular formula is C19H29NO3. The number of ether oxygens (including phenoxy) is 2. The zero-order chi connectivity index (χ0) is 16.2. The molecule has 4 heteroatoms. The van der Waals surface area contributed by atoms with Crippen LogP contribution in [0.4, 0.5) is 0 Å². The fourth-order valence-corrected chi connectivity index (χ4v) is 3.86. The topological polar surface area (TPSA) is 41.9 Å². The third kappa shape index (κ3) is 4.06. The quantitative estimate of drug-likeness (QED) is 0.921. The molecule has 2 heterocycles. The van der Waals surface area contributed by atoms with Crippen LogP contribution in [0.5, 0.6) is 5.75 Å². The molecule has 2 saturated heterocycles. The van der Waals surface area contributed by atoms with Crippen LogP contribution in [0.2, 0.25) is 0 Å². The lowest BCUT2D eigenvalue weighted by Crippen LogP contribution is -2.43. The first kappa shape index (κ1) is 16.7. The summed E-state index contributed by atoms with van der Waals surface area (Å²) in [4.78, 5) is 2.54. The lowest BCUT2D eigenvalue weighted by Gasteiger charge is -2.44. The monoisotopic (exact) mass is 319 g/mol. The van der Waals surface area contributed by atoms with Crippen LogP contribution < -0.4 is 0 Å². The van der Waals surface area contributed by atoms with Crippen LogP contribution in [0.15, 0.2) is 24.3 Å². The van der Waals surface area contributed by atoms with Crippen molar-refractivity contribution < 1.29 is 14.6 Å². The van der Waals surface area contributed by atoms with Gasteiger partial charge in [-0.25, -0.2) is 0 Å². The van der Waals surface area contributed by atoms with E-state index >= 15 is 0 Å². The second kappa shape index (κ2) is 7.65. The number of nitrogens with zero attached hydrogens (tertiary/aromatic N) is 1. The number of hydrogen-bond acceptors (Lipinski definition) is 4. The summed E-state index contributed by atoms with van der Waals surface area (Å²) in [6.07, 6.45) is 3.09. The molecule has 0 amide bonds. The Kier molecular flexibility index (Phi) is 5.57. The van der Waals surface area contributed by atoms with E-state index in [1.807, 2.05) is 12.1 Å². The van der Waals surface area contributed by atoms with E-state index < -0.39 is 0 Å². The average molecular weight is 319 g/mol. The average Bonchev–Trinajstić information content (AvgIpc) is 2.57. The van der Waals surface area contributed by atoms with Gasteiger partial charge < -0.3 is 14.6 Å². The second-order valence-electron chi connectivity index (χ2n) is 7.01. The molecule has 0 spiro atoms. The van der Waals surface area contributed by atoms with Crippen LogP contribution in [0.25, 0.3) is 0 Å². The first-order valence-corrected chi connectivity index (χ1v) is 8.91. The maximum atomic E-state index is 9.86. The van der Waals surface area contributed by atoms with Gasteiger partial charge in [0.25, 0.3) is 0 Å². The molecule has 1 aromatic rings. The lowest BCUT2D eigenvalue weighted by atomic mass is 9.79. The predicted octanol–water partition coefficient (Wildman–Crippen LogP) is 3.56. The third-order valence-corrected chi connectivity index (χ3v) is 5.42. The summed E-state index contributed by atoms with van der Waals surface area (Å²) in [7, 11) is 0. The molecule has 0 saturated carbocycles. The molecule has 2 aliphatic heterocycles. The minimum absolute atomic E-state index is 0.0526. The van der Waals surface area contributed by atoms with E-state index in [4.69, 9.17) is 9.47 Å². The molecule has 128 valence electrons. The Morgan fingerprint density at radius 2 is 2.00 bits per heavy atom. The van der Waals surface area contributed by atoms with Gasteiger partial charge in [0.2, 0.25) is 0 Å². The van der Waals surface area contributed by atoms with Gasteiger partial charge in [0, 0.05) is 19.0 Å². The molecule has 2 aliphatic rings. The van der Waals surface area contributed by atoms with E-state index in [2.05, 4.69) is 24.8 Å². The Morgan fingerprint density at radius 1 is 1.22 bits per heavy atom. The molecule has 0 bridgehead atoms. The Balaban J connectivity index is 1.70. The van der Waals surface area contributed by atoms with Crippen LogP contribution in [-0.4, -0.2) is 42.6 Å². The predicted molar refractivity (Wildman–Crippen MR) is 90.3 cm³/mol. The molecule has 23 heavy (non-hydrogen) atoms. The van der Waals surface area contributed by atoms with E-state index in [1.54, 1.807) is 6.07 Å². The van der Waals surface area contributed by atoms with Crippen molar-refractivity contribution in [3.05, 3.63) is 29.8 Å². The maximum absolute atomic E-state index is 9.86. The summed E-state index contributed by atoms with van der Waals surface area (Å²) in [5.74, 6) is 1.62. The molecule has 0 aromatic heterocycles. The van der Waals surface area contributed by atoms with Gasteiger partial charge in [0.15, 0.2) is 6.29 Å². The van der Waals surface area contributed by atoms with E-state index in [0.717, 1.165) is 39.1 Å². The smallest absolute Gasteiger partial charge is 0.158 e. The van der Waals surface area contributed by atoms with Crippen LogP contribution in [-0.2, 0) is 9.47 Å². The van der Waals surface area contributed by atoms with Gasteiger partial charge >= 0.3 is 0 Å². The van der Waals surface area contributed by atoms with Crippen molar-refractivity contribution in [3.8, 4) is 5.75 Å². The molecule has 3 atom stereocenters. The number of rotatable bonds is 4. The summed E-state index contributed by atoms with van der Waals surface area (Å²) < 4.78 is 11.4. The highest BCUT2D eigenvalue weighted by atomic mass is 16.7. The number of aromatic hydroxyl groups is 1. The highest BCUT2D eigenvalue weighted by Gasteiger charge is 2.34. The Labute approximate surface area is 139 Å². The van der Waals surface area contributed by atoms with Crippen molar-refractivity contribution in [2.75, 3.05) is 26.3 Å².